The van der Waals surface area contributed by atoms with Gasteiger partial charge in [0.1, 0.15) is 12.7 Å². The third kappa shape index (κ3) is 1.31. The number of hydrogen-bond acceptors (Lipinski definition) is 5. The predicted octanol–water partition coefficient (Wildman–Crippen LogP) is -1.25. The maximum absolute atomic E-state index is 11.1. The first kappa shape index (κ1) is 7.59. The van der Waals surface area contributed by atoms with Gasteiger partial charge in [-0.15, -0.1) is 0 Å². The van der Waals surface area contributed by atoms with Crippen molar-refractivity contribution in [3.63, 3.8) is 0 Å². The summed E-state index contributed by atoms with van der Waals surface area (Å²) in [6, 6.07) is -1.33. The van der Waals surface area contributed by atoms with E-state index in [2.05, 4.69) is 25.6 Å². The van der Waals surface area contributed by atoms with Gasteiger partial charge in [-0.2, -0.15) is 0 Å². The number of aromatic nitrogens is 3. The Morgan fingerprint density at radius 1 is 1.23 bits per heavy atom. The van der Waals surface area contributed by atoms with Crippen LogP contribution in [0.5, 0.6) is 0 Å². The molecule has 1 saturated heterocycles. The molecular weight excluding hydrogens is 174 g/mol. The molecule has 0 saturated carbocycles. The Bertz CT molecular complexity index is 351. The molecule has 1 aliphatic rings. The van der Waals surface area contributed by atoms with E-state index < -0.39 is 18.0 Å². The molecule has 2 heterocycles. The van der Waals surface area contributed by atoms with Crippen LogP contribution in [0.3, 0.4) is 0 Å². The second-order valence-electron chi connectivity index (χ2n) is 2.39. The van der Waals surface area contributed by atoms with Crippen molar-refractivity contribution >= 4 is 11.9 Å². The summed E-state index contributed by atoms with van der Waals surface area (Å²) in [7, 11) is 0. The smallest absolute Gasteiger partial charge is 0.319 e. The Morgan fingerprint density at radius 3 is 2.46 bits per heavy atom. The minimum atomic E-state index is -0.796. The number of rotatable bonds is 1. The fourth-order valence-corrected chi connectivity index (χ4v) is 0.996. The maximum atomic E-state index is 11.1. The van der Waals surface area contributed by atoms with Crippen molar-refractivity contribution < 1.29 is 9.59 Å². The lowest BCUT2D eigenvalue weighted by atomic mass is 10.3. The van der Waals surface area contributed by atoms with Crippen molar-refractivity contribution in [2.45, 2.75) is 6.04 Å². The van der Waals surface area contributed by atoms with Gasteiger partial charge >= 0.3 is 6.03 Å². The molecule has 7 nitrogen and oxygen atoms in total. The monoisotopic (exact) mass is 179 g/mol. The Balaban J connectivity index is 2.28. The molecule has 13 heavy (non-hydrogen) atoms. The third-order valence-corrected chi connectivity index (χ3v) is 1.55. The summed E-state index contributed by atoms with van der Waals surface area (Å²) < 4.78 is 0. The standard InChI is InChI=1S/C6H5N5O2/c12-5-3(10-6(13)11-5)4-8-1-7-2-9-4/h1-3H,(H2,10,11,12,13). The normalized spacial score (nSPS) is 21.1. The maximum Gasteiger partial charge on any atom is 0.322 e. The van der Waals surface area contributed by atoms with Crippen molar-refractivity contribution in [1.82, 2.24) is 25.6 Å². The van der Waals surface area contributed by atoms with E-state index in [4.69, 9.17) is 0 Å². The highest BCUT2D eigenvalue weighted by Gasteiger charge is 2.32. The molecule has 1 aromatic rings. The van der Waals surface area contributed by atoms with E-state index in [1.165, 1.54) is 12.7 Å². The molecule has 1 aliphatic heterocycles. The first-order valence-electron chi connectivity index (χ1n) is 3.50. The van der Waals surface area contributed by atoms with Gasteiger partial charge in [0.15, 0.2) is 11.9 Å². The van der Waals surface area contributed by atoms with Crippen molar-refractivity contribution in [1.29, 1.82) is 0 Å². The molecule has 0 aromatic carbocycles. The van der Waals surface area contributed by atoms with Gasteiger partial charge in [0.05, 0.1) is 0 Å². The van der Waals surface area contributed by atoms with Crippen LogP contribution in [0.25, 0.3) is 0 Å². The zero-order valence-corrected chi connectivity index (χ0v) is 6.39. The van der Waals surface area contributed by atoms with Gasteiger partial charge in [0.2, 0.25) is 0 Å². The van der Waals surface area contributed by atoms with E-state index in [0.717, 1.165) is 0 Å². The van der Waals surface area contributed by atoms with Crippen LogP contribution in [-0.4, -0.2) is 26.9 Å². The van der Waals surface area contributed by atoms with Gasteiger partial charge in [-0.05, 0) is 0 Å². The highest BCUT2D eigenvalue weighted by molar-refractivity contribution is 6.04. The Labute approximate surface area is 72.6 Å². The van der Waals surface area contributed by atoms with Gasteiger partial charge in [-0.1, -0.05) is 0 Å². The van der Waals surface area contributed by atoms with Crippen LogP contribution in [-0.2, 0) is 4.79 Å². The van der Waals surface area contributed by atoms with Crippen LogP contribution in [0.1, 0.15) is 11.9 Å². The lowest BCUT2D eigenvalue weighted by Gasteiger charge is -2.02. The summed E-state index contributed by atoms with van der Waals surface area (Å²) in [5.41, 5.74) is 0. The number of nitrogens with one attached hydrogen (secondary N) is 2. The number of urea groups is 1. The molecule has 0 spiro atoms. The lowest BCUT2D eigenvalue weighted by Crippen LogP contribution is -2.22. The Hall–Kier alpha value is -2.05. The molecule has 1 fully saturated rings. The molecular formula is C6H5N5O2. The van der Waals surface area contributed by atoms with E-state index in [0.29, 0.717) is 0 Å². The Kier molecular flexibility index (Phi) is 1.62. The molecule has 7 heteroatoms. The largest absolute Gasteiger partial charge is 0.322 e. The quantitative estimate of drug-likeness (QED) is 0.525. The summed E-state index contributed by atoms with van der Waals surface area (Å²) in [6.07, 6.45) is 2.53. The average Bonchev–Trinajstić information content (AvgIpc) is 2.47. The number of amides is 3. The minimum Gasteiger partial charge on any atom is -0.319 e. The third-order valence-electron chi connectivity index (χ3n) is 1.55. The van der Waals surface area contributed by atoms with Crippen molar-refractivity contribution in [2.75, 3.05) is 0 Å². The second kappa shape index (κ2) is 2.77. The molecule has 0 radical (unpaired) electrons. The lowest BCUT2D eigenvalue weighted by molar-refractivity contribution is -0.120. The fourth-order valence-electron chi connectivity index (χ4n) is 0.996. The topological polar surface area (TPSA) is 96.9 Å². The van der Waals surface area contributed by atoms with Crippen molar-refractivity contribution in [3.05, 3.63) is 18.5 Å². The molecule has 1 unspecified atom stereocenters. The van der Waals surface area contributed by atoms with Gasteiger partial charge in [-0.25, -0.2) is 19.7 Å². The summed E-state index contributed by atoms with van der Waals surface area (Å²) >= 11 is 0. The second-order valence-corrected chi connectivity index (χ2v) is 2.39. The predicted molar refractivity (Wildman–Crippen MR) is 39.2 cm³/mol. The summed E-state index contributed by atoms with van der Waals surface area (Å²) in [4.78, 5) is 32.9. The number of hydrogen-bond donors (Lipinski definition) is 2. The minimum absolute atomic E-state index is 0.235. The summed E-state index contributed by atoms with van der Waals surface area (Å²) in [5.74, 6) is -0.213. The first-order chi connectivity index (χ1) is 6.27. The van der Waals surface area contributed by atoms with Crippen LogP contribution in [0.4, 0.5) is 4.79 Å². The van der Waals surface area contributed by atoms with Crippen molar-refractivity contribution in [3.8, 4) is 0 Å². The number of imide groups is 1. The van der Waals surface area contributed by atoms with E-state index in [9.17, 15) is 9.59 Å². The summed E-state index contributed by atoms with van der Waals surface area (Å²) in [6.45, 7) is 0. The number of carbonyl (C=O) groups is 2. The van der Waals surface area contributed by atoms with E-state index in [-0.39, 0.29) is 5.82 Å². The van der Waals surface area contributed by atoms with Gasteiger partial charge < -0.3 is 5.32 Å². The molecule has 0 bridgehead atoms. The van der Waals surface area contributed by atoms with Gasteiger partial charge in [-0.3, -0.25) is 10.1 Å². The highest BCUT2D eigenvalue weighted by atomic mass is 16.2. The molecule has 1 atom stereocenters. The zero-order chi connectivity index (χ0) is 9.26. The fraction of sp³-hybridized carbons (Fsp3) is 0.167. The van der Waals surface area contributed by atoms with E-state index in [1.54, 1.807) is 0 Å². The molecule has 2 N–H and O–H groups in total. The molecule has 2 rings (SSSR count). The van der Waals surface area contributed by atoms with Gasteiger partial charge in [0, 0.05) is 0 Å². The zero-order valence-electron chi connectivity index (χ0n) is 6.39. The number of carbonyl (C=O) groups excluding carboxylic acids is 2. The number of nitrogens with zero attached hydrogens (tertiary/aromatic N) is 3. The van der Waals surface area contributed by atoms with E-state index >= 15 is 0 Å². The first-order valence-corrected chi connectivity index (χ1v) is 3.50. The average molecular weight is 179 g/mol. The molecule has 3 amide bonds. The molecule has 66 valence electrons. The van der Waals surface area contributed by atoms with Crippen LogP contribution >= 0.6 is 0 Å². The molecule has 0 aliphatic carbocycles. The van der Waals surface area contributed by atoms with Crippen LogP contribution < -0.4 is 10.6 Å². The van der Waals surface area contributed by atoms with Crippen LogP contribution in [0.2, 0.25) is 0 Å². The highest BCUT2D eigenvalue weighted by Crippen LogP contribution is 2.09. The molecule has 1 aromatic heterocycles. The van der Waals surface area contributed by atoms with Crippen LogP contribution in [0, 0.1) is 0 Å². The van der Waals surface area contributed by atoms with E-state index in [1.807, 2.05) is 0 Å². The van der Waals surface area contributed by atoms with Crippen molar-refractivity contribution in [2.24, 2.45) is 0 Å². The summed E-state index contributed by atoms with van der Waals surface area (Å²) in [5, 5.41) is 4.44. The SMILES string of the molecule is O=C1NC(=O)C(c2ncncn2)N1. The Morgan fingerprint density at radius 2 is 1.92 bits per heavy atom. The van der Waals surface area contributed by atoms with Crippen LogP contribution in [0.15, 0.2) is 12.7 Å². The van der Waals surface area contributed by atoms with Gasteiger partial charge in [0.25, 0.3) is 5.91 Å².